The molecule has 16 heavy (non-hydrogen) atoms. The van der Waals surface area contributed by atoms with Gasteiger partial charge in [-0.25, -0.2) is 0 Å². The van der Waals surface area contributed by atoms with Crippen LogP contribution in [0.4, 0.5) is 0 Å². The summed E-state index contributed by atoms with van der Waals surface area (Å²) < 4.78 is 10.9. The SMILES string of the molecule is C=CC(=O)N1CCOCC1c1ccc(C)o1. The monoisotopic (exact) mass is 221 g/mol. The van der Waals surface area contributed by atoms with Gasteiger partial charge < -0.3 is 14.1 Å². The molecule has 0 N–H and O–H groups in total. The van der Waals surface area contributed by atoms with Gasteiger partial charge in [-0.3, -0.25) is 4.79 Å². The molecule has 0 radical (unpaired) electrons. The van der Waals surface area contributed by atoms with Gasteiger partial charge in [0.25, 0.3) is 0 Å². The molecule has 0 aromatic carbocycles. The number of hydrogen-bond donors (Lipinski definition) is 0. The Kier molecular flexibility index (Phi) is 3.10. The molecule has 1 aliphatic rings. The molecular weight excluding hydrogens is 206 g/mol. The fourth-order valence-electron chi connectivity index (χ4n) is 1.85. The highest BCUT2D eigenvalue weighted by Crippen LogP contribution is 2.25. The summed E-state index contributed by atoms with van der Waals surface area (Å²) in [6, 6.07) is 3.64. The van der Waals surface area contributed by atoms with Gasteiger partial charge >= 0.3 is 0 Å². The summed E-state index contributed by atoms with van der Waals surface area (Å²) in [4.78, 5) is 13.4. The number of carbonyl (C=O) groups excluding carboxylic acids is 1. The Morgan fingerprint density at radius 1 is 1.62 bits per heavy atom. The number of carbonyl (C=O) groups is 1. The average Bonchev–Trinajstić information content (AvgIpc) is 2.75. The lowest BCUT2D eigenvalue weighted by Crippen LogP contribution is -2.42. The van der Waals surface area contributed by atoms with Crippen molar-refractivity contribution in [3.8, 4) is 0 Å². The molecule has 0 spiro atoms. The Hall–Kier alpha value is -1.55. The van der Waals surface area contributed by atoms with Gasteiger partial charge in [0.2, 0.25) is 5.91 Å². The van der Waals surface area contributed by atoms with Crippen molar-refractivity contribution in [2.45, 2.75) is 13.0 Å². The van der Waals surface area contributed by atoms with Crippen LogP contribution in [0.1, 0.15) is 17.6 Å². The second-order valence-electron chi connectivity index (χ2n) is 3.77. The number of hydrogen-bond acceptors (Lipinski definition) is 3. The molecule has 1 amide bonds. The third-order valence-electron chi connectivity index (χ3n) is 2.68. The summed E-state index contributed by atoms with van der Waals surface area (Å²) in [5.74, 6) is 1.53. The lowest BCUT2D eigenvalue weighted by atomic mass is 10.1. The van der Waals surface area contributed by atoms with Gasteiger partial charge in [0.05, 0.1) is 13.2 Å². The van der Waals surface area contributed by atoms with Gasteiger partial charge in [-0.15, -0.1) is 0 Å². The van der Waals surface area contributed by atoms with Crippen molar-refractivity contribution < 1.29 is 13.9 Å². The Morgan fingerprint density at radius 2 is 2.44 bits per heavy atom. The molecule has 1 aromatic rings. The van der Waals surface area contributed by atoms with Crippen LogP contribution >= 0.6 is 0 Å². The van der Waals surface area contributed by atoms with Gasteiger partial charge in [0.15, 0.2) is 0 Å². The third kappa shape index (κ3) is 2.02. The summed E-state index contributed by atoms with van der Waals surface area (Å²) in [5, 5.41) is 0. The molecule has 1 atom stereocenters. The number of morpholine rings is 1. The van der Waals surface area contributed by atoms with Gasteiger partial charge in [-0.1, -0.05) is 6.58 Å². The predicted octanol–water partition coefficient (Wildman–Crippen LogP) is 1.67. The van der Waals surface area contributed by atoms with Crippen molar-refractivity contribution in [2.75, 3.05) is 19.8 Å². The van der Waals surface area contributed by atoms with E-state index in [-0.39, 0.29) is 11.9 Å². The first-order valence-corrected chi connectivity index (χ1v) is 5.29. The van der Waals surface area contributed by atoms with Crippen LogP contribution in [0.25, 0.3) is 0 Å². The van der Waals surface area contributed by atoms with Gasteiger partial charge in [-0.05, 0) is 25.1 Å². The molecule has 86 valence electrons. The van der Waals surface area contributed by atoms with Crippen LogP contribution in [0.15, 0.2) is 29.2 Å². The minimum atomic E-state index is -0.132. The van der Waals surface area contributed by atoms with Gasteiger partial charge in [-0.2, -0.15) is 0 Å². The van der Waals surface area contributed by atoms with E-state index in [1.54, 1.807) is 4.90 Å². The Morgan fingerprint density at radius 3 is 3.06 bits per heavy atom. The van der Waals surface area contributed by atoms with E-state index in [1.807, 2.05) is 19.1 Å². The van der Waals surface area contributed by atoms with E-state index < -0.39 is 0 Å². The topological polar surface area (TPSA) is 42.7 Å². The average molecular weight is 221 g/mol. The van der Waals surface area contributed by atoms with E-state index in [0.717, 1.165) is 11.5 Å². The number of ether oxygens (including phenoxy) is 1. The summed E-state index contributed by atoms with van der Waals surface area (Å²) in [6.45, 7) is 7.01. The largest absolute Gasteiger partial charge is 0.464 e. The molecule has 2 heterocycles. The van der Waals surface area contributed by atoms with E-state index >= 15 is 0 Å². The second kappa shape index (κ2) is 4.53. The molecule has 1 aromatic heterocycles. The summed E-state index contributed by atoms with van der Waals surface area (Å²) in [7, 11) is 0. The van der Waals surface area contributed by atoms with Gasteiger partial charge in [0, 0.05) is 6.54 Å². The predicted molar refractivity (Wildman–Crippen MR) is 58.9 cm³/mol. The molecule has 4 nitrogen and oxygen atoms in total. The van der Waals surface area contributed by atoms with Crippen LogP contribution in [0.2, 0.25) is 0 Å². The van der Waals surface area contributed by atoms with Crippen molar-refractivity contribution >= 4 is 5.91 Å². The summed E-state index contributed by atoms with van der Waals surface area (Å²) >= 11 is 0. The summed E-state index contributed by atoms with van der Waals surface area (Å²) in [6.07, 6.45) is 1.33. The minimum absolute atomic E-state index is 0.0812. The minimum Gasteiger partial charge on any atom is -0.464 e. The number of rotatable bonds is 2. The highest BCUT2D eigenvalue weighted by atomic mass is 16.5. The maximum atomic E-state index is 11.7. The van der Waals surface area contributed by atoms with Crippen LogP contribution in [0, 0.1) is 6.92 Å². The summed E-state index contributed by atoms with van der Waals surface area (Å²) in [5.41, 5.74) is 0. The zero-order valence-corrected chi connectivity index (χ0v) is 9.31. The number of furan rings is 1. The number of aryl methyl sites for hydroxylation is 1. The van der Waals surface area contributed by atoms with Crippen LogP contribution in [0.3, 0.4) is 0 Å². The van der Waals surface area contributed by atoms with Crippen molar-refractivity contribution in [1.82, 2.24) is 4.90 Å². The van der Waals surface area contributed by atoms with Crippen molar-refractivity contribution in [2.24, 2.45) is 0 Å². The third-order valence-corrected chi connectivity index (χ3v) is 2.68. The fourth-order valence-corrected chi connectivity index (χ4v) is 1.85. The molecule has 0 saturated carbocycles. The van der Waals surface area contributed by atoms with Crippen molar-refractivity contribution in [3.05, 3.63) is 36.3 Å². The Labute approximate surface area is 94.5 Å². The molecule has 1 saturated heterocycles. The lowest BCUT2D eigenvalue weighted by Gasteiger charge is -2.33. The van der Waals surface area contributed by atoms with Crippen LogP contribution in [-0.4, -0.2) is 30.6 Å². The normalized spacial score (nSPS) is 20.8. The van der Waals surface area contributed by atoms with E-state index in [1.165, 1.54) is 6.08 Å². The highest BCUT2D eigenvalue weighted by Gasteiger charge is 2.29. The van der Waals surface area contributed by atoms with Crippen LogP contribution in [0.5, 0.6) is 0 Å². The standard InChI is InChI=1S/C12H15NO3/c1-3-12(14)13-6-7-15-8-10(13)11-5-4-9(2)16-11/h3-5,10H,1,6-8H2,2H3. The Bertz CT molecular complexity index is 397. The zero-order chi connectivity index (χ0) is 11.5. The highest BCUT2D eigenvalue weighted by molar-refractivity contribution is 5.87. The van der Waals surface area contributed by atoms with E-state index in [9.17, 15) is 4.79 Å². The van der Waals surface area contributed by atoms with E-state index in [2.05, 4.69) is 6.58 Å². The fraction of sp³-hybridized carbons (Fsp3) is 0.417. The van der Waals surface area contributed by atoms with Crippen molar-refractivity contribution in [1.29, 1.82) is 0 Å². The first-order valence-electron chi connectivity index (χ1n) is 5.29. The number of nitrogens with zero attached hydrogens (tertiary/aromatic N) is 1. The molecule has 1 unspecified atom stereocenters. The lowest BCUT2D eigenvalue weighted by molar-refractivity contribution is -0.135. The van der Waals surface area contributed by atoms with Gasteiger partial charge in [0.1, 0.15) is 17.6 Å². The molecule has 2 rings (SSSR count). The molecule has 1 fully saturated rings. The molecular formula is C12H15NO3. The second-order valence-corrected chi connectivity index (χ2v) is 3.77. The van der Waals surface area contributed by atoms with Crippen molar-refractivity contribution in [3.63, 3.8) is 0 Å². The number of amides is 1. The smallest absolute Gasteiger partial charge is 0.246 e. The van der Waals surface area contributed by atoms with Crippen LogP contribution < -0.4 is 0 Å². The maximum Gasteiger partial charge on any atom is 0.246 e. The first kappa shape index (κ1) is 11.0. The maximum absolute atomic E-state index is 11.7. The molecule has 4 heteroatoms. The molecule has 1 aliphatic heterocycles. The van der Waals surface area contributed by atoms with Crippen LogP contribution in [-0.2, 0) is 9.53 Å². The zero-order valence-electron chi connectivity index (χ0n) is 9.31. The first-order chi connectivity index (χ1) is 7.72. The quantitative estimate of drug-likeness (QED) is 0.713. The van der Waals surface area contributed by atoms with E-state index in [4.69, 9.17) is 9.15 Å². The Balaban J connectivity index is 2.22. The van der Waals surface area contributed by atoms with E-state index in [0.29, 0.717) is 19.8 Å². The molecule has 0 aliphatic carbocycles. The molecule has 0 bridgehead atoms.